The number of aromatic nitrogens is 1. The van der Waals surface area contributed by atoms with Crippen LogP contribution in [0.5, 0.6) is 5.75 Å². The fraction of sp³-hybridized carbons (Fsp3) is 0.250. The van der Waals surface area contributed by atoms with Crippen molar-refractivity contribution in [3.05, 3.63) is 53.3 Å². The number of rotatable bonds is 5. The summed E-state index contributed by atoms with van der Waals surface area (Å²) >= 11 is 0. The number of carbonyl (C=O) groups excluding carboxylic acids is 1. The van der Waals surface area contributed by atoms with E-state index >= 15 is 0 Å². The quantitative estimate of drug-likeness (QED) is 0.321. The number of nitrogens with zero attached hydrogens (tertiary/aromatic N) is 2. The average molecular weight is 371 g/mol. The van der Waals surface area contributed by atoms with Crippen LogP contribution in [-0.2, 0) is 17.6 Å². The second kappa shape index (κ2) is 9.59. The monoisotopic (exact) mass is 371 g/mol. The maximum absolute atomic E-state index is 13.2. The van der Waals surface area contributed by atoms with Crippen molar-refractivity contribution in [1.29, 1.82) is 0 Å². The largest absolute Gasteiger partial charge is 0.487 e. The maximum atomic E-state index is 13.2. The number of ether oxygens (including phenoxy) is 1. The number of hydrazine groups is 2. The predicted octanol–water partition coefficient (Wildman–Crippen LogP) is 1.90. The minimum absolute atomic E-state index is 0.0109. The van der Waals surface area contributed by atoms with E-state index in [1.165, 1.54) is 19.2 Å². The van der Waals surface area contributed by atoms with Gasteiger partial charge in [-0.3, -0.25) is 15.2 Å². The zero-order chi connectivity index (χ0) is 19.7. The molecule has 0 radical (unpaired) electrons. The summed E-state index contributed by atoms with van der Waals surface area (Å²) in [4.78, 5) is 13.0. The van der Waals surface area contributed by atoms with Crippen LogP contribution < -0.4 is 26.9 Å². The molecular formula is C16H20F3N5O2. The van der Waals surface area contributed by atoms with Gasteiger partial charge in [0.1, 0.15) is 12.4 Å². The minimum atomic E-state index is -4.48. The highest BCUT2D eigenvalue weighted by Crippen LogP contribution is 2.36. The molecule has 0 saturated heterocycles. The number of anilines is 1. The van der Waals surface area contributed by atoms with Gasteiger partial charge in [0.2, 0.25) is 6.41 Å². The lowest BCUT2D eigenvalue weighted by atomic mass is 10.1. The van der Waals surface area contributed by atoms with Crippen molar-refractivity contribution < 1.29 is 22.7 Å². The van der Waals surface area contributed by atoms with Gasteiger partial charge in [0, 0.05) is 18.8 Å². The first-order chi connectivity index (χ1) is 12.2. The molecule has 0 saturated carbocycles. The highest BCUT2D eigenvalue weighted by atomic mass is 19.4. The number of aryl methyl sites for hydroxylation is 1. The fourth-order valence-electron chi connectivity index (χ4n) is 2.09. The summed E-state index contributed by atoms with van der Waals surface area (Å²) < 4.78 is 45.0. The van der Waals surface area contributed by atoms with Gasteiger partial charge in [0.25, 0.3) is 0 Å². The summed E-state index contributed by atoms with van der Waals surface area (Å²) in [5, 5.41) is 1.14. The number of hydrogen-bond acceptors (Lipinski definition) is 6. The minimum Gasteiger partial charge on any atom is -0.487 e. The van der Waals surface area contributed by atoms with Gasteiger partial charge in [-0.15, -0.1) is 0 Å². The van der Waals surface area contributed by atoms with Gasteiger partial charge in [0.15, 0.2) is 0 Å². The van der Waals surface area contributed by atoms with E-state index in [4.69, 9.17) is 15.4 Å². The molecule has 0 aliphatic rings. The molecule has 10 heteroatoms. The Bertz CT molecular complexity index is 723. The van der Waals surface area contributed by atoms with Crippen LogP contribution in [0.3, 0.4) is 0 Å². The van der Waals surface area contributed by atoms with Crippen LogP contribution in [0.25, 0.3) is 0 Å². The first-order valence-corrected chi connectivity index (χ1v) is 7.34. The Kier molecular flexibility index (Phi) is 7.81. The molecule has 5 N–H and O–H groups in total. The number of carbonyl (C=O) groups is 1. The van der Waals surface area contributed by atoms with E-state index in [0.717, 1.165) is 11.1 Å². The number of alkyl halides is 3. The third kappa shape index (κ3) is 5.90. The Morgan fingerprint density at radius 3 is 2.46 bits per heavy atom. The molecule has 1 amide bonds. The standard InChI is InChI=1S/C15H16F3N3O.CH4N2O/c1-10-14(7-4-8-20-10)22-9-11-12(15(16,17)18)5-3-6-13(11)21(2)19;2-3-1-4/h3-8H,9,19H2,1-2H3;1H,2H2,(H,3,4). The molecule has 1 aromatic carbocycles. The fourth-order valence-corrected chi connectivity index (χ4v) is 2.09. The first kappa shape index (κ1) is 21.2. The molecule has 0 aliphatic heterocycles. The van der Waals surface area contributed by atoms with Crippen LogP contribution in [0, 0.1) is 6.92 Å². The average Bonchev–Trinajstić information content (AvgIpc) is 2.60. The molecule has 0 aliphatic carbocycles. The van der Waals surface area contributed by atoms with Gasteiger partial charge in [-0.05, 0) is 31.2 Å². The van der Waals surface area contributed by atoms with E-state index in [2.05, 4.69) is 10.8 Å². The van der Waals surface area contributed by atoms with E-state index in [1.54, 1.807) is 30.7 Å². The van der Waals surface area contributed by atoms with Gasteiger partial charge in [-0.1, -0.05) is 6.07 Å². The van der Waals surface area contributed by atoms with Crippen molar-refractivity contribution in [1.82, 2.24) is 10.4 Å². The van der Waals surface area contributed by atoms with Crippen LogP contribution >= 0.6 is 0 Å². The smallest absolute Gasteiger partial charge is 0.416 e. The molecule has 2 rings (SSSR count). The lowest BCUT2D eigenvalue weighted by Crippen LogP contribution is -2.27. The lowest BCUT2D eigenvalue weighted by Gasteiger charge is -2.21. The Morgan fingerprint density at radius 2 is 1.96 bits per heavy atom. The SMILES string of the molecule is Cc1ncccc1OCc1c(N(C)N)cccc1C(F)(F)F.NNC=O. The number of nitrogens with one attached hydrogen (secondary N) is 1. The van der Waals surface area contributed by atoms with Crippen molar-refractivity contribution in [2.75, 3.05) is 12.1 Å². The van der Waals surface area contributed by atoms with Gasteiger partial charge in [0.05, 0.1) is 16.9 Å². The van der Waals surface area contributed by atoms with Crippen molar-refractivity contribution in [2.45, 2.75) is 19.7 Å². The second-order valence-corrected chi connectivity index (χ2v) is 5.07. The summed E-state index contributed by atoms with van der Waals surface area (Å²) in [6.07, 6.45) is -2.49. The Morgan fingerprint density at radius 1 is 1.31 bits per heavy atom. The normalized spacial score (nSPS) is 10.4. The van der Waals surface area contributed by atoms with E-state index in [0.29, 0.717) is 17.9 Å². The second-order valence-electron chi connectivity index (χ2n) is 5.07. The molecular weight excluding hydrogens is 351 g/mol. The third-order valence-corrected chi connectivity index (χ3v) is 3.24. The van der Waals surface area contributed by atoms with E-state index < -0.39 is 11.7 Å². The number of nitrogens with two attached hydrogens (primary N) is 2. The van der Waals surface area contributed by atoms with E-state index in [9.17, 15) is 13.2 Å². The molecule has 1 aromatic heterocycles. The zero-order valence-corrected chi connectivity index (χ0v) is 14.2. The third-order valence-electron chi connectivity index (χ3n) is 3.24. The topological polar surface area (TPSA) is 106 Å². The Balaban J connectivity index is 0.000000765. The van der Waals surface area contributed by atoms with E-state index in [-0.39, 0.29) is 17.9 Å². The van der Waals surface area contributed by atoms with Gasteiger partial charge in [-0.25, -0.2) is 11.7 Å². The summed E-state index contributed by atoms with van der Waals surface area (Å²) in [6, 6.07) is 7.17. The molecule has 0 atom stereocenters. The van der Waals surface area contributed by atoms with Gasteiger partial charge in [-0.2, -0.15) is 13.2 Å². The van der Waals surface area contributed by atoms with Crippen molar-refractivity contribution >= 4 is 12.1 Å². The molecule has 2 aromatic rings. The molecule has 0 fully saturated rings. The van der Waals surface area contributed by atoms with Crippen LogP contribution in [-0.4, -0.2) is 18.4 Å². The zero-order valence-electron chi connectivity index (χ0n) is 14.2. The predicted molar refractivity (Wildman–Crippen MR) is 90.7 cm³/mol. The number of benzene rings is 1. The molecule has 0 bridgehead atoms. The number of amides is 1. The van der Waals surface area contributed by atoms with Gasteiger partial charge < -0.3 is 9.75 Å². The number of halogens is 3. The first-order valence-electron chi connectivity index (χ1n) is 7.34. The lowest BCUT2D eigenvalue weighted by molar-refractivity contribution is -0.138. The van der Waals surface area contributed by atoms with Crippen LogP contribution in [0.2, 0.25) is 0 Å². The highest BCUT2D eigenvalue weighted by Gasteiger charge is 2.34. The molecule has 7 nitrogen and oxygen atoms in total. The van der Waals surface area contributed by atoms with Crippen molar-refractivity contribution in [2.24, 2.45) is 11.7 Å². The molecule has 26 heavy (non-hydrogen) atoms. The Hall–Kier alpha value is -2.85. The number of pyridine rings is 1. The molecule has 1 heterocycles. The number of hydrogen-bond donors (Lipinski definition) is 3. The van der Waals surface area contributed by atoms with Crippen molar-refractivity contribution in [3.8, 4) is 5.75 Å². The molecule has 142 valence electrons. The summed E-state index contributed by atoms with van der Waals surface area (Å²) in [6.45, 7) is 1.47. The molecule has 0 unspecified atom stereocenters. The highest BCUT2D eigenvalue weighted by molar-refractivity contribution is 5.56. The summed E-state index contributed by atoms with van der Waals surface area (Å²) in [7, 11) is 1.48. The van der Waals surface area contributed by atoms with Crippen molar-refractivity contribution in [3.63, 3.8) is 0 Å². The van der Waals surface area contributed by atoms with Crippen LogP contribution in [0.4, 0.5) is 18.9 Å². The van der Waals surface area contributed by atoms with Gasteiger partial charge >= 0.3 is 6.18 Å². The van der Waals surface area contributed by atoms with E-state index in [1.807, 2.05) is 0 Å². The van der Waals surface area contributed by atoms with Crippen LogP contribution in [0.1, 0.15) is 16.8 Å². The maximum Gasteiger partial charge on any atom is 0.416 e. The summed E-state index contributed by atoms with van der Waals surface area (Å²) in [5.41, 5.74) is 1.85. The summed E-state index contributed by atoms with van der Waals surface area (Å²) in [5.74, 6) is 10.5. The molecule has 0 spiro atoms. The Labute approximate surface area is 148 Å². The van der Waals surface area contributed by atoms with Crippen LogP contribution in [0.15, 0.2) is 36.5 Å².